The molecule has 0 aromatic heterocycles. The molecular formula is C18H19NO4. The Labute approximate surface area is 135 Å². The first-order chi connectivity index (χ1) is 10.9. The van der Waals surface area contributed by atoms with Crippen LogP contribution in [-0.4, -0.2) is 36.1 Å². The fourth-order valence-corrected chi connectivity index (χ4v) is 2.26. The highest BCUT2D eigenvalue weighted by atomic mass is 16.5. The molecule has 0 aliphatic rings. The van der Waals surface area contributed by atoms with Gasteiger partial charge in [0.25, 0.3) is 5.91 Å². The highest BCUT2D eigenvalue weighted by Crippen LogP contribution is 2.22. The summed E-state index contributed by atoms with van der Waals surface area (Å²) in [5.41, 5.74) is 1.78. The molecule has 1 N–H and O–H groups in total. The summed E-state index contributed by atoms with van der Waals surface area (Å²) in [5.74, 6) is -0.138. The maximum atomic E-state index is 12.5. The van der Waals surface area contributed by atoms with E-state index in [1.807, 2.05) is 6.92 Å². The van der Waals surface area contributed by atoms with Crippen LogP contribution in [0.25, 0.3) is 0 Å². The zero-order valence-electron chi connectivity index (χ0n) is 13.3. The molecule has 0 aliphatic heterocycles. The number of Topliss-reactive ketones (excluding diaryl/α,β-unsaturated/α-hetero) is 1. The van der Waals surface area contributed by atoms with Gasteiger partial charge >= 0.3 is 0 Å². The topological polar surface area (TPSA) is 66.8 Å². The number of carbonyl (C=O) groups is 2. The summed E-state index contributed by atoms with van der Waals surface area (Å²) in [5, 5.41) is 9.68. The van der Waals surface area contributed by atoms with Crippen LogP contribution in [0.15, 0.2) is 48.5 Å². The third kappa shape index (κ3) is 3.76. The van der Waals surface area contributed by atoms with E-state index in [1.54, 1.807) is 55.6 Å². The summed E-state index contributed by atoms with van der Waals surface area (Å²) in [7, 11) is 2.85. The SMILES string of the molecule is COc1ccc(C(=O)C(C)c2ccc(C(=O)N(C)O)cc2)cc1. The Kier molecular flexibility index (Phi) is 5.13. The van der Waals surface area contributed by atoms with E-state index in [-0.39, 0.29) is 11.7 Å². The van der Waals surface area contributed by atoms with Gasteiger partial charge in [-0.3, -0.25) is 14.8 Å². The second-order valence-corrected chi connectivity index (χ2v) is 5.27. The van der Waals surface area contributed by atoms with Crippen LogP contribution in [-0.2, 0) is 0 Å². The van der Waals surface area contributed by atoms with Crippen LogP contribution in [0.1, 0.15) is 39.1 Å². The first-order valence-corrected chi connectivity index (χ1v) is 7.19. The van der Waals surface area contributed by atoms with E-state index in [4.69, 9.17) is 9.94 Å². The van der Waals surface area contributed by atoms with E-state index in [0.29, 0.717) is 21.9 Å². The number of rotatable bonds is 5. The van der Waals surface area contributed by atoms with E-state index in [0.717, 1.165) is 5.56 Å². The second-order valence-electron chi connectivity index (χ2n) is 5.27. The highest BCUT2D eigenvalue weighted by molar-refractivity contribution is 6.01. The van der Waals surface area contributed by atoms with Gasteiger partial charge in [0, 0.05) is 24.1 Å². The molecule has 0 spiro atoms. The molecular weight excluding hydrogens is 294 g/mol. The maximum Gasteiger partial charge on any atom is 0.276 e. The van der Waals surface area contributed by atoms with Crippen LogP contribution in [0.5, 0.6) is 5.75 Å². The monoisotopic (exact) mass is 313 g/mol. The quantitative estimate of drug-likeness (QED) is 0.523. The van der Waals surface area contributed by atoms with Gasteiger partial charge in [-0.1, -0.05) is 19.1 Å². The molecule has 0 fully saturated rings. The highest BCUT2D eigenvalue weighted by Gasteiger charge is 2.18. The Hall–Kier alpha value is -2.66. The molecule has 5 heteroatoms. The van der Waals surface area contributed by atoms with Gasteiger partial charge in [0.1, 0.15) is 5.75 Å². The minimum absolute atomic E-state index is 0.00833. The molecule has 0 radical (unpaired) electrons. The van der Waals surface area contributed by atoms with Crippen LogP contribution in [0.3, 0.4) is 0 Å². The predicted molar refractivity (Wildman–Crippen MR) is 86.1 cm³/mol. The van der Waals surface area contributed by atoms with Gasteiger partial charge in [0.2, 0.25) is 0 Å². The third-order valence-electron chi connectivity index (χ3n) is 3.72. The van der Waals surface area contributed by atoms with Crippen molar-refractivity contribution in [1.29, 1.82) is 0 Å². The number of amides is 1. The third-order valence-corrected chi connectivity index (χ3v) is 3.72. The minimum atomic E-state index is -0.495. The first kappa shape index (κ1) is 16.7. The van der Waals surface area contributed by atoms with E-state index in [9.17, 15) is 9.59 Å². The van der Waals surface area contributed by atoms with E-state index in [2.05, 4.69) is 0 Å². The standard InChI is InChI=1S/C18H19NO4/c1-12(17(20)14-8-10-16(23-3)11-9-14)13-4-6-15(7-5-13)18(21)19(2)22/h4-12,22H,1-3H3. The predicted octanol–water partition coefficient (Wildman–Crippen LogP) is 3.14. The van der Waals surface area contributed by atoms with Gasteiger partial charge in [-0.05, 0) is 42.0 Å². The van der Waals surface area contributed by atoms with Gasteiger partial charge in [-0.15, -0.1) is 0 Å². The number of carbonyl (C=O) groups excluding carboxylic acids is 2. The number of ether oxygens (including phenoxy) is 1. The van der Waals surface area contributed by atoms with Crippen molar-refractivity contribution in [2.45, 2.75) is 12.8 Å². The van der Waals surface area contributed by atoms with Crippen LogP contribution < -0.4 is 4.74 Å². The van der Waals surface area contributed by atoms with E-state index in [1.165, 1.54) is 7.05 Å². The van der Waals surface area contributed by atoms with Crippen molar-refractivity contribution in [3.05, 3.63) is 65.2 Å². The molecule has 0 bridgehead atoms. The average molecular weight is 313 g/mol. The van der Waals surface area contributed by atoms with Crippen molar-refractivity contribution >= 4 is 11.7 Å². The number of ketones is 1. The largest absolute Gasteiger partial charge is 0.497 e. The molecule has 5 nitrogen and oxygen atoms in total. The summed E-state index contributed by atoms with van der Waals surface area (Å²) >= 11 is 0. The van der Waals surface area contributed by atoms with Crippen molar-refractivity contribution in [1.82, 2.24) is 5.06 Å². The molecule has 1 amide bonds. The zero-order chi connectivity index (χ0) is 17.0. The number of nitrogens with zero attached hydrogens (tertiary/aromatic N) is 1. The second kappa shape index (κ2) is 7.07. The molecule has 2 aromatic rings. The molecule has 1 unspecified atom stereocenters. The summed E-state index contributed by atoms with van der Waals surface area (Å²) in [6, 6.07) is 13.6. The molecule has 1 atom stereocenters. The average Bonchev–Trinajstić information content (AvgIpc) is 2.60. The molecule has 2 rings (SSSR count). The Balaban J connectivity index is 2.17. The number of hydroxylamine groups is 2. The van der Waals surface area contributed by atoms with E-state index < -0.39 is 5.91 Å². The molecule has 0 heterocycles. The summed E-state index contributed by atoms with van der Waals surface area (Å²) in [6.07, 6.45) is 0. The molecule has 0 aliphatic carbocycles. The van der Waals surface area contributed by atoms with Crippen molar-refractivity contribution in [2.75, 3.05) is 14.2 Å². The minimum Gasteiger partial charge on any atom is -0.497 e. The van der Waals surface area contributed by atoms with Crippen molar-refractivity contribution < 1.29 is 19.5 Å². The molecule has 2 aromatic carbocycles. The van der Waals surface area contributed by atoms with Gasteiger partial charge in [0.05, 0.1) is 7.11 Å². The van der Waals surface area contributed by atoms with Crippen molar-refractivity contribution in [2.24, 2.45) is 0 Å². The van der Waals surface area contributed by atoms with Gasteiger partial charge in [0.15, 0.2) is 5.78 Å². The smallest absolute Gasteiger partial charge is 0.276 e. The Bertz CT molecular complexity index is 690. The normalized spacial score (nSPS) is 11.7. The lowest BCUT2D eigenvalue weighted by Crippen LogP contribution is -2.22. The Morgan fingerprint density at radius 1 is 1.00 bits per heavy atom. The Morgan fingerprint density at radius 2 is 1.52 bits per heavy atom. The lowest BCUT2D eigenvalue weighted by Gasteiger charge is -2.13. The van der Waals surface area contributed by atoms with E-state index >= 15 is 0 Å². The summed E-state index contributed by atoms with van der Waals surface area (Å²) in [6.45, 7) is 1.82. The van der Waals surface area contributed by atoms with Crippen LogP contribution in [0, 0.1) is 0 Å². The molecule has 0 saturated carbocycles. The zero-order valence-corrected chi connectivity index (χ0v) is 13.3. The number of hydrogen-bond acceptors (Lipinski definition) is 4. The molecule has 0 saturated heterocycles. The Morgan fingerprint density at radius 3 is 2.00 bits per heavy atom. The lowest BCUT2D eigenvalue weighted by atomic mass is 9.91. The van der Waals surface area contributed by atoms with Crippen LogP contribution in [0.2, 0.25) is 0 Å². The fourth-order valence-electron chi connectivity index (χ4n) is 2.26. The lowest BCUT2D eigenvalue weighted by molar-refractivity contribution is -0.0374. The number of hydrogen-bond donors (Lipinski definition) is 1. The maximum absolute atomic E-state index is 12.5. The number of methoxy groups -OCH3 is 1. The first-order valence-electron chi connectivity index (χ1n) is 7.19. The molecule has 120 valence electrons. The summed E-state index contributed by atoms with van der Waals surface area (Å²) in [4.78, 5) is 24.2. The van der Waals surface area contributed by atoms with Crippen LogP contribution >= 0.6 is 0 Å². The summed E-state index contributed by atoms with van der Waals surface area (Å²) < 4.78 is 5.08. The number of benzene rings is 2. The van der Waals surface area contributed by atoms with Crippen molar-refractivity contribution in [3.63, 3.8) is 0 Å². The fraction of sp³-hybridized carbons (Fsp3) is 0.222. The molecule has 23 heavy (non-hydrogen) atoms. The van der Waals surface area contributed by atoms with Crippen LogP contribution in [0.4, 0.5) is 0 Å². The van der Waals surface area contributed by atoms with Gasteiger partial charge < -0.3 is 4.74 Å². The van der Waals surface area contributed by atoms with Gasteiger partial charge in [-0.25, -0.2) is 5.06 Å². The van der Waals surface area contributed by atoms with Gasteiger partial charge in [-0.2, -0.15) is 0 Å². The van der Waals surface area contributed by atoms with Crippen molar-refractivity contribution in [3.8, 4) is 5.75 Å².